The molecule has 4 N–H and O–H groups in total. The summed E-state index contributed by atoms with van der Waals surface area (Å²) in [6, 6.07) is -0.0235. The summed E-state index contributed by atoms with van der Waals surface area (Å²) in [7, 11) is 1.51. The van der Waals surface area contributed by atoms with Crippen LogP contribution >= 0.6 is 0 Å². The predicted molar refractivity (Wildman–Crippen MR) is 56.2 cm³/mol. The van der Waals surface area contributed by atoms with Crippen LogP contribution in [-0.2, 0) is 9.53 Å². The lowest BCUT2D eigenvalue weighted by Gasteiger charge is -2.16. The Balaban J connectivity index is 2.23. The van der Waals surface area contributed by atoms with Gasteiger partial charge in [-0.3, -0.25) is 4.79 Å². The summed E-state index contributed by atoms with van der Waals surface area (Å²) < 4.78 is 4.76. The monoisotopic (exact) mass is 216 g/mol. The van der Waals surface area contributed by atoms with E-state index >= 15 is 0 Å². The number of rotatable bonds is 5. The first-order valence-corrected chi connectivity index (χ1v) is 5.35. The maximum atomic E-state index is 11.6. The third-order valence-corrected chi connectivity index (χ3v) is 2.78. The van der Waals surface area contributed by atoms with Crippen LogP contribution in [0.4, 0.5) is 0 Å². The molecular weight excluding hydrogens is 196 g/mol. The predicted octanol–water partition coefficient (Wildman–Crippen LogP) is -0.763. The van der Waals surface area contributed by atoms with E-state index in [0.717, 1.165) is 19.3 Å². The minimum Gasteiger partial charge on any atom is -0.389 e. The molecule has 1 saturated carbocycles. The van der Waals surface area contributed by atoms with Crippen LogP contribution in [0, 0.1) is 5.92 Å². The molecule has 15 heavy (non-hydrogen) atoms. The molecule has 0 aromatic heterocycles. The fourth-order valence-electron chi connectivity index (χ4n) is 1.92. The number of amides is 1. The Kier molecular flexibility index (Phi) is 5.01. The van der Waals surface area contributed by atoms with Crippen molar-refractivity contribution in [2.45, 2.75) is 31.4 Å². The molecule has 1 aliphatic carbocycles. The third kappa shape index (κ3) is 3.77. The molecule has 1 amide bonds. The number of methoxy groups -OCH3 is 1. The van der Waals surface area contributed by atoms with Gasteiger partial charge in [0, 0.05) is 19.7 Å². The van der Waals surface area contributed by atoms with Crippen molar-refractivity contribution >= 4 is 5.91 Å². The number of carbonyl (C=O) groups is 1. The number of carbonyl (C=O) groups excluding carboxylic acids is 1. The van der Waals surface area contributed by atoms with Gasteiger partial charge in [0.15, 0.2) is 0 Å². The van der Waals surface area contributed by atoms with E-state index in [2.05, 4.69) is 5.32 Å². The Morgan fingerprint density at radius 2 is 2.40 bits per heavy atom. The highest BCUT2D eigenvalue weighted by Crippen LogP contribution is 2.23. The SMILES string of the molecule is COCC(O)CNC(=O)C1CCCC1N. The summed E-state index contributed by atoms with van der Waals surface area (Å²) in [5, 5.41) is 12.0. The van der Waals surface area contributed by atoms with Gasteiger partial charge in [-0.15, -0.1) is 0 Å². The molecule has 0 radical (unpaired) electrons. The molecule has 88 valence electrons. The van der Waals surface area contributed by atoms with Gasteiger partial charge in [-0.25, -0.2) is 0 Å². The zero-order valence-corrected chi connectivity index (χ0v) is 9.11. The summed E-state index contributed by atoms with van der Waals surface area (Å²) >= 11 is 0. The average Bonchev–Trinajstić information content (AvgIpc) is 2.61. The zero-order valence-electron chi connectivity index (χ0n) is 9.11. The van der Waals surface area contributed by atoms with Crippen LogP contribution in [-0.4, -0.2) is 43.4 Å². The second-order valence-corrected chi connectivity index (χ2v) is 4.06. The maximum absolute atomic E-state index is 11.6. The van der Waals surface area contributed by atoms with E-state index in [1.54, 1.807) is 0 Å². The smallest absolute Gasteiger partial charge is 0.224 e. The summed E-state index contributed by atoms with van der Waals surface area (Å²) in [5.41, 5.74) is 5.80. The minimum absolute atomic E-state index is 0.0235. The lowest BCUT2D eigenvalue weighted by molar-refractivity contribution is -0.125. The van der Waals surface area contributed by atoms with Gasteiger partial charge in [0.25, 0.3) is 0 Å². The Morgan fingerprint density at radius 3 is 2.93 bits per heavy atom. The lowest BCUT2D eigenvalue weighted by Crippen LogP contribution is -2.42. The van der Waals surface area contributed by atoms with E-state index in [-0.39, 0.29) is 31.0 Å². The van der Waals surface area contributed by atoms with Crippen LogP contribution in [0.3, 0.4) is 0 Å². The molecule has 0 bridgehead atoms. The van der Waals surface area contributed by atoms with Crippen molar-refractivity contribution in [1.82, 2.24) is 5.32 Å². The highest BCUT2D eigenvalue weighted by atomic mass is 16.5. The number of hydrogen-bond acceptors (Lipinski definition) is 4. The molecule has 1 aliphatic rings. The fraction of sp³-hybridized carbons (Fsp3) is 0.900. The second kappa shape index (κ2) is 6.05. The van der Waals surface area contributed by atoms with E-state index in [1.165, 1.54) is 7.11 Å². The first kappa shape index (κ1) is 12.4. The molecule has 3 atom stereocenters. The number of ether oxygens (including phenoxy) is 1. The molecule has 3 unspecified atom stereocenters. The van der Waals surface area contributed by atoms with Crippen molar-refractivity contribution in [2.24, 2.45) is 11.7 Å². The molecule has 1 rings (SSSR count). The minimum atomic E-state index is -0.642. The summed E-state index contributed by atoms with van der Waals surface area (Å²) in [4.78, 5) is 11.6. The van der Waals surface area contributed by atoms with Crippen molar-refractivity contribution in [3.63, 3.8) is 0 Å². The van der Waals surface area contributed by atoms with Gasteiger partial charge < -0.3 is 20.9 Å². The summed E-state index contributed by atoms with van der Waals surface area (Å²) in [5.74, 6) is -0.130. The van der Waals surface area contributed by atoms with E-state index < -0.39 is 6.10 Å². The summed E-state index contributed by atoms with van der Waals surface area (Å²) in [6.45, 7) is 0.465. The number of aliphatic hydroxyl groups excluding tert-OH is 1. The highest BCUT2D eigenvalue weighted by molar-refractivity contribution is 5.79. The molecule has 0 heterocycles. The topological polar surface area (TPSA) is 84.6 Å². The molecular formula is C10H20N2O3. The van der Waals surface area contributed by atoms with Gasteiger partial charge in [0.2, 0.25) is 5.91 Å². The Morgan fingerprint density at radius 1 is 1.67 bits per heavy atom. The van der Waals surface area contributed by atoms with Crippen molar-refractivity contribution < 1.29 is 14.6 Å². The van der Waals surface area contributed by atoms with Crippen molar-refractivity contribution in [3.05, 3.63) is 0 Å². The van der Waals surface area contributed by atoms with Crippen LogP contribution in [0.5, 0.6) is 0 Å². The van der Waals surface area contributed by atoms with Gasteiger partial charge in [0.05, 0.1) is 18.6 Å². The van der Waals surface area contributed by atoms with Crippen molar-refractivity contribution in [3.8, 4) is 0 Å². The molecule has 0 aromatic rings. The van der Waals surface area contributed by atoms with Crippen LogP contribution in [0.1, 0.15) is 19.3 Å². The Labute approximate surface area is 90.0 Å². The standard InChI is InChI=1S/C10H20N2O3/c1-15-6-7(13)5-12-10(14)8-3-2-4-9(8)11/h7-9,13H,2-6,11H2,1H3,(H,12,14). The zero-order chi connectivity index (χ0) is 11.3. The number of nitrogens with two attached hydrogens (primary N) is 1. The molecule has 1 fully saturated rings. The number of hydrogen-bond donors (Lipinski definition) is 3. The Bertz CT molecular complexity index is 211. The highest BCUT2D eigenvalue weighted by Gasteiger charge is 2.30. The van der Waals surface area contributed by atoms with Gasteiger partial charge in [-0.2, -0.15) is 0 Å². The van der Waals surface area contributed by atoms with E-state index in [1.807, 2.05) is 0 Å². The van der Waals surface area contributed by atoms with E-state index in [0.29, 0.717) is 0 Å². The average molecular weight is 216 g/mol. The molecule has 0 aliphatic heterocycles. The van der Waals surface area contributed by atoms with Crippen molar-refractivity contribution in [2.75, 3.05) is 20.3 Å². The fourth-order valence-corrected chi connectivity index (χ4v) is 1.92. The van der Waals surface area contributed by atoms with Crippen molar-refractivity contribution in [1.29, 1.82) is 0 Å². The van der Waals surface area contributed by atoms with Crippen LogP contribution in [0.2, 0.25) is 0 Å². The molecule has 0 aromatic carbocycles. The molecule has 5 heteroatoms. The second-order valence-electron chi connectivity index (χ2n) is 4.06. The quantitative estimate of drug-likeness (QED) is 0.564. The molecule has 0 saturated heterocycles. The largest absolute Gasteiger partial charge is 0.389 e. The van der Waals surface area contributed by atoms with Crippen LogP contribution in [0.25, 0.3) is 0 Å². The van der Waals surface area contributed by atoms with Crippen LogP contribution in [0.15, 0.2) is 0 Å². The third-order valence-electron chi connectivity index (χ3n) is 2.78. The Hall–Kier alpha value is -0.650. The van der Waals surface area contributed by atoms with E-state index in [4.69, 9.17) is 10.5 Å². The molecule has 0 spiro atoms. The first-order valence-electron chi connectivity index (χ1n) is 5.35. The lowest BCUT2D eigenvalue weighted by atomic mass is 10.0. The normalized spacial score (nSPS) is 27.7. The molecule has 5 nitrogen and oxygen atoms in total. The van der Waals surface area contributed by atoms with Gasteiger partial charge >= 0.3 is 0 Å². The van der Waals surface area contributed by atoms with Gasteiger partial charge in [-0.1, -0.05) is 6.42 Å². The number of nitrogens with one attached hydrogen (secondary N) is 1. The first-order chi connectivity index (χ1) is 7.15. The summed E-state index contributed by atoms with van der Waals surface area (Å²) in [6.07, 6.45) is 2.14. The maximum Gasteiger partial charge on any atom is 0.224 e. The van der Waals surface area contributed by atoms with Gasteiger partial charge in [-0.05, 0) is 12.8 Å². The van der Waals surface area contributed by atoms with Gasteiger partial charge in [0.1, 0.15) is 0 Å². The van der Waals surface area contributed by atoms with E-state index in [9.17, 15) is 9.90 Å². The number of aliphatic hydroxyl groups is 1. The van der Waals surface area contributed by atoms with Crippen LogP contribution < -0.4 is 11.1 Å².